The van der Waals surface area contributed by atoms with Crippen LogP contribution < -0.4 is 0 Å². The summed E-state index contributed by atoms with van der Waals surface area (Å²) in [7, 11) is 0. The Labute approximate surface area is 95.7 Å². The van der Waals surface area contributed by atoms with Crippen LogP contribution in [0.2, 0.25) is 0 Å². The quantitative estimate of drug-likeness (QED) is 0.479. The molecule has 0 bridgehead atoms. The molecule has 0 amide bonds. The molecule has 0 aliphatic rings. The number of carbonyl (C=O) groups excluding carboxylic acids is 1. The molecule has 0 atom stereocenters. The number of nitrogens with one attached hydrogen (secondary N) is 1. The van der Waals surface area contributed by atoms with Gasteiger partial charge in [0.1, 0.15) is 5.75 Å². The fourth-order valence-electron chi connectivity index (χ4n) is 1.43. The molecule has 1 aromatic carbocycles. The number of nitrogens with zero attached hydrogens (tertiary/aromatic N) is 1. The van der Waals surface area contributed by atoms with Crippen LogP contribution in [0.5, 0.6) is 5.75 Å². The minimum absolute atomic E-state index is 0.0678. The molecule has 0 saturated heterocycles. The number of rotatable bonds is 3. The molecule has 0 spiro atoms. The van der Waals surface area contributed by atoms with E-state index < -0.39 is 10.7 Å². The Bertz CT molecular complexity index is 589. The summed E-state index contributed by atoms with van der Waals surface area (Å²) >= 11 is 0. The first-order valence-electron chi connectivity index (χ1n) is 4.75. The van der Waals surface area contributed by atoms with Crippen LogP contribution in [0.1, 0.15) is 16.1 Å². The SMILES string of the molecule is O=C(c1ccc([N+](=O)[O-])[nH]1)c1ccccc1O. The topological polar surface area (TPSA) is 96.2 Å². The summed E-state index contributed by atoms with van der Waals surface area (Å²) in [6.45, 7) is 0. The maximum absolute atomic E-state index is 11.9. The zero-order valence-corrected chi connectivity index (χ0v) is 8.58. The Balaban J connectivity index is 2.37. The van der Waals surface area contributed by atoms with Crippen LogP contribution in [0.15, 0.2) is 36.4 Å². The molecule has 6 heteroatoms. The van der Waals surface area contributed by atoms with Gasteiger partial charge in [-0.3, -0.25) is 4.79 Å². The number of aromatic amines is 1. The first kappa shape index (κ1) is 10.9. The van der Waals surface area contributed by atoms with Crippen LogP contribution >= 0.6 is 0 Å². The first-order chi connectivity index (χ1) is 8.09. The van der Waals surface area contributed by atoms with Gasteiger partial charge in [0.25, 0.3) is 0 Å². The Morgan fingerprint density at radius 3 is 2.53 bits per heavy atom. The van der Waals surface area contributed by atoms with Crippen molar-refractivity contribution in [3.8, 4) is 5.75 Å². The molecule has 0 saturated carbocycles. The van der Waals surface area contributed by atoms with Gasteiger partial charge in [-0.1, -0.05) is 12.1 Å². The molecule has 1 aromatic heterocycles. The fourth-order valence-corrected chi connectivity index (χ4v) is 1.43. The molecule has 2 N–H and O–H groups in total. The molecule has 6 nitrogen and oxygen atoms in total. The second kappa shape index (κ2) is 4.09. The van der Waals surface area contributed by atoms with Crippen LogP contribution in [0, 0.1) is 10.1 Å². The number of aromatic nitrogens is 1. The smallest absolute Gasteiger partial charge is 0.321 e. The van der Waals surface area contributed by atoms with Crippen LogP contribution in [0.3, 0.4) is 0 Å². The number of aromatic hydroxyl groups is 1. The van der Waals surface area contributed by atoms with Gasteiger partial charge in [0.2, 0.25) is 5.78 Å². The lowest BCUT2D eigenvalue weighted by atomic mass is 10.1. The van der Waals surface area contributed by atoms with Gasteiger partial charge in [-0.15, -0.1) is 0 Å². The molecule has 0 fully saturated rings. The van der Waals surface area contributed by atoms with Gasteiger partial charge in [0.05, 0.1) is 5.56 Å². The van der Waals surface area contributed by atoms with Crippen LogP contribution in [0.4, 0.5) is 5.82 Å². The summed E-state index contributed by atoms with van der Waals surface area (Å²) in [4.78, 5) is 24.1. The number of H-pyrrole nitrogens is 1. The predicted molar refractivity (Wildman–Crippen MR) is 59.0 cm³/mol. The van der Waals surface area contributed by atoms with Gasteiger partial charge in [0.15, 0.2) is 5.69 Å². The zero-order valence-electron chi connectivity index (χ0n) is 8.58. The third-order valence-electron chi connectivity index (χ3n) is 2.26. The minimum Gasteiger partial charge on any atom is -0.507 e. The molecule has 0 aliphatic carbocycles. The van der Waals surface area contributed by atoms with Crippen molar-refractivity contribution >= 4 is 11.6 Å². The number of benzene rings is 1. The van der Waals surface area contributed by atoms with Gasteiger partial charge >= 0.3 is 5.82 Å². The number of phenolic OH excluding ortho intramolecular Hbond substituents is 1. The number of hydrogen-bond donors (Lipinski definition) is 2. The summed E-state index contributed by atoms with van der Waals surface area (Å²) in [5, 5.41) is 19.9. The van der Waals surface area contributed by atoms with Crippen molar-refractivity contribution in [3.05, 3.63) is 57.8 Å². The van der Waals surface area contributed by atoms with Crippen LogP contribution in [-0.2, 0) is 0 Å². The van der Waals surface area contributed by atoms with E-state index in [-0.39, 0.29) is 22.8 Å². The highest BCUT2D eigenvalue weighted by Crippen LogP contribution is 2.20. The molecule has 17 heavy (non-hydrogen) atoms. The Kier molecular flexibility index (Phi) is 2.61. The summed E-state index contributed by atoms with van der Waals surface area (Å²) in [6, 6.07) is 8.53. The lowest BCUT2D eigenvalue weighted by Gasteiger charge is -1.99. The number of ketones is 1. The van der Waals surface area contributed by atoms with Crippen molar-refractivity contribution in [2.45, 2.75) is 0 Å². The maximum atomic E-state index is 11.9. The Hall–Kier alpha value is -2.63. The Morgan fingerprint density at radius 2 is 1.94 bits per heavy atom. The predicted octanol–water partition coefficient (Wildman–Crippen LogP) is 1.86. The summed E-state index contributed by atoms with van der Waals surface area (Å²) in [5.74, 6) is -0.908. The minimum atomic E-state index is -0.623. The van der Waals surface area contributed by atoms with Gasteiger partial charge in [-0.2, -0.15) is 0 Å². The molecule has 2 rings (SSSR count). The van der Waals surface area contributed by atoms with Crippen molar-refractivity contribution in [2.75, 3.05) is 0 Å². The normalized spacial score (nSPS) is 10.1. The van der Waals surface area contributed by atoms with Crippen molar-refractivity contribution in [2.24, 2.45) is 0 Å². The number of para-hydroxylation sites is 1. The van der Waals surface area contributed by atoms with Crippen molar-refractivity contribution < 1.29 is 14.8 Å². The average Bonchev–Trinajstić information content (AvgIpc) is 2.78. The average molecular weight is 232 g/mol. The van der Waals surface area contributed by atoms with E-state index >= 15 is 0 Å². The molecule has 2 aromatic rings. The van der Waals surface area contributed by atoms with E-state index in [1.54, 1.807) is 12.1 Å². The number of nitro groups is 1. The first-order valence-corrected chi connectivity index (χ1v) is 4.75. The van der Waals surface area contributed by atoms with Crippen molar-refractivity contribution in [1.29, 1.82) is 0 Å². The van der Waals surface area contributed by atoms with E-state index in [4.69, 9.17) is 0 Å². The van der Waals surface area contributed by atoms with E-state index in [0.717, 1.165) is 0 Å². The van der Waals surface area contributed by atoms with E-state index in [9.17, 15) is 20.0 Å². The molecule has 86 valence electrons. The standard InChI is InChI=1S/C11H8N2O4/c14-9-4-2-1-3-7(9)11(15)8-5-6-10(12-8)13(16)17/h1-6,12,14H. The summed E-state index contributed by atoms with van der Waals surface area (Å²) in [5.41, 5.74) is 0.169. The Morgan fingerprint density at radius 1 is 1.24 bits per heavy atom. The van der Waals surface area contributed by atoms with E-state index in [0.29, 0.717) is 0 Å². The summed E-state index contributed by atoms with van der Waals surface area (Å²) in [6.07, 6.45) is 0. The zero-order chi connectivity index (χ0) is 12.4. The van der Waals surface area contributed by atoms with E-state index in [1.165, 1.54) is 24.3 Å². The van der Waals surface area contributed by atoms with Crippen molar-refractivity contribution in [1.82, 2.24) is 4.98 Å². The summed E-state index contributed by atoms with van der Waals surface area (Å²) < 4.78 is 0. The maximum Gasteiger partial charge on any atom is 0.321 e. The number of hydrogen-bond acceptors (Lipinski definition) is 4. The lowest BCUT2D eigenvalue weighted by molar-refractivity contribution is -0.389. The van der Waals surface area contributed by atoms with Gasteiger partial charge < -0.3 is 15.2 Å². The van der Waals surface area contributed by atoms with Gasteiger partial charge in [-0.25, -0.2) is 4.98 Å². The molecule has 1 heterocycles. The molecular weight excluding hydrogens is 224 g/mol. The highest BCUT2D eigenvalue weighted by molar-refractivity contribution is 6.09. The van der Waals surface area contributed by atoms with E-state index in [1.807, 2.05) is 0 Å². The monoisotopic (exact) mass is 232 g/mol. The number of carbonyl (C=O) groups is 1. The van der Waals surface area contributed by atoms with Crippen molar-refractivity contribution in [3.63, 3.8) is 0 Å². The second-order valence-corrected chi connectivity index (χ2v) is 3.36. The lowest BCUT2D eigenvalue weighted by Crippen LogP contribution is -2.02. The van der Waals surface area contributed by atoms with Gasteiger partial charge in [-0.05, 0) is 23.1 Å². The molecule has 0 aliphatic heterocycles. The highest BCUT2D eigenvalue weighted by atomic mass is 16.6. The highest BCUT2D eigenvalue weighted by Gasteiger charge is 2.19. The fraction of sp³-hybridized carbons (Fsp3) is 0. The molecule has 0 radical (unpaired) electrons. The van der Waals surface area contributed by atoms with E-state index in [2.05, 4.69) is 4.98 Å². The number of phenols is 1. The molecule has 0 unspecified atom stereocenters. The van der Waals surface area contributed by atoms with Crippen LogP contribution in [0.25, 0.3) is 0 Å². The third kappa shape index (κ3) is 2.00. The van der Waals surface area contributed by atoms with Crippen LogP contribution in [-0.4, -0.2) is 20.8 Å². The third-order valence-corrected chi connectivity index (χ3v) is 2.26. The largest absolute Gasteiger partial charge is 0.507 e. The second-order valence-electron chi connectivity index (χ2n) is 3.36. The molecular formula is C11H8N2O4. The van der Waals surface area contributed by atoms with Gasteiger partial charge in [0, 0.05) is 6.07 Å².